The number of benzene rings is 1. The van der Waals surface area contributed by atoms with Crippen LogP contribution < -0.4 is 4.90 Å². The van der Waals surface area contributed by atoms with Crippen molar-refractivity contribution in [2.24, 2.45) is 9.98 Å². The van der Waals surface area contributed by atoms with Gasteiger partial charge in [0.15, 0.2) is 17.5 Å². The molecule has 0 bridgehead atoms. The van der Waals surface area contributed by atoms with Crippen molar-refractivity contribution in [1.82, 2.24) is 9.80 Å². The van der Waals surface area contributed by atoms with Crippen molar-refractivity contribution in [3.8, 4) is 0 Å². The van der Waals surface area contributed by atoms with E-state index in [2.05, 4.69) is 19.8 Å². The van der Waals surface area contributed by atoms with Crippen LogP contribution in [0.2, 0.25) is 0 Å². The quantitative estimate of drug-likeness (QED) is 0.629. The maximum absolute atomic E-state index is 14.9. The van der Waals surface area contributed by atoms with E-state index in [1.54, 1.807) is 6.20 Å². The molecule has 3 heterocycles. The van der Waals surface area contributed by atoms with Crippen molar-refractivity contribution >= 4 is 23.0 Å². The van der Waals surface area contributed by atoms with Crippen molar-refractivity contribution in [2.45, 2.75) is 26.1 Å². The molecule has 3 aliphatic heterocycles. The van der Waals surface area contributed by atoms with Crippen molar-refractivity contribution in [1.29, 1.82) is 0 Å². The third-order valence-corrected chi connectivity index (χ3v) is 5.41. The average Bonchev–Trinajstić information content (AvgIpc) is 2.62. The number of halogens is 4. The summed E-state index contributed by atoms with van der Waals surface area (Å²) in [6, 6.07) is 1.83. The van der Waals surface area contributed by atoms with Crippen LogP contribution in [-0.2, 0) is 6.18 Å². The van der Waals surface area contributed by atoms with Gasteiger partial charge < -0.3 is 9.80 Å². The normalized spacial score (nSPS) is 23.0. The highest BCUT2D eigenvalue weighted by atomic mass is 19.4. The van der Waals surface area contributed by atoms with Gasteiger partial charge in [-0.3, -0.25) is 9.89 Å². The Bertz CT molecular complexity index is 894. The fraction of sp³-hybridized carbons (Fsp3) is 0.474. The lowest BCUT2D eigenvalue weighted by Gasteiger charge is -2.40. The number of anilines is 1. The number of rotatable bonds is 0. The largest absolute Gasteiger partial charge is 0.419 e. The molecule has 1 fully saturated rings. The Morgan fingerprint density at radius 2 is 1.75 bits per heavy atom. The first kappa shape index (κ1) is 18.9. The molecular weight excluding hydrogens is 374 g/mol. The van der Waals surface area contributed by atoms with Crippen LogP contribution in [0.25, 0.3) is 0 Å². The Morgan fingerprint density at radius 1 is 1.07 bits per heavy atom. The SMILES string of the molecule is CC1=CN2C(=NC1C)C(N1CCN(C)CC1)=Nc1ccc(C(F)(F)F)c(F)c12. The van der Waals surface area contributed by atoms with Crippen molar-refractivity contribution in [2.75, 3.05) is 38.1 Å². The summed E-state index contributed by atoms with van der Waals surface area (Å²) in [5.74, 6) is -0.346. The number of hydrogen-bond acceptors (Lipinski definition) is 5. The lowest BCUT2D eigenvalue weighted by molar-refractivity contribution is -0.139. The van der Waals surface area contributed by atoms with Gasteiger partial charge in [0.1, 0.15) is 5.69 Å². The zero-order valence-electron chi connectivity index (χ0n) is 15.9. The Hall–Kier alpha value is -2.42. The molecule has 0 aliphatic carbocycles. The second-order valence-electron chi connectivity index (χ2n) is 7.39. The summed E-state index contributed by atoms with van der Waals surface area (Å²) in [7, 11) is 2.03. The van der Waals surface area contributed by atoms with Crippen molar-refractivity contribution in [3.05, 3.63) is 35.3 Å². The first-order chi connectivity index (χ1) is 13.2. The highest BCUT2D eigenvalue weighted by molar-refractivity contribution is 6.48. The minimum Gasteiger partial charge on any atom is -0.351 e. The number of hydrogen-bond donors (Lipinski definition) is 0. The predicted octanol–water partition coefficient (Wildman–Crippen LogP) is 3.65. The summed E-state index contributed by atoms with van der Waals surface area (Å²) in [6.07, 6.45) is -3.11. The summed E-state index contributed by atoms with van der Waals surface area (Å²) >= 11 is 0. The zero-order valence-corrected chi connectivity index (χ0v) is 15.9. The molecule has 1 aromatic carbocycles. The monoisotopic (exact) mass is 395 g/mol. The predicted molar refractivity (Wildman–Crippen MR) is 101 cm³/mol. The molecule has 4 rings (SSSR count). The van der Waals surface area contributed by atoms with Gasteiger partial charge in [-0.2, -0.15) is 13.2 Å². The van der Waals surface area contributed by atoms with Crippen molar-refractivity contribution < 1.29 is 17.6 Å². The number of fused-ring (bicyclic) bond motifs is 3. The fourth-order valence-electron chi connectivity index (χ4n) is 3.54. The van der Waals surface area contributed by atoms with E-state index in [0.717, 1.165) is 37.8 Å². The lowest BCUT2D eigenvalue weighted by Crippen LogP contribution is -2.53. The summed E-state index contributed by atoms with van der Waals surface area (Å²) in [6.45, 7) is 6.85. The van der Waals surface area contributed by atoms with Gasteiger partial charge in [-0.25, -0.2) is 9.38 Å². The minimum atomic E-state index is -4.78. The Balaban J connectivity index is 1.87. The third kappa shape index (κ3) is 3.07. The third-order valence-electron chi connectivity index (χ3n) is 5.41. The van der Waals surface area contributed by atoms with Crippen LogP contribution in [0.5, 0.6) is 0 Å². The molecule has 5 nitrogen and oxygen atoms in total. The first-order valence-electron chi connectivity index (χ1n) is 9.14. The number of piperazine rings is 1. The molecule has 0 spiro atoms. The molecule has 0 saturated carbocycles. The van der Waals surface area contributed by atoms with Gasteiger partial charge in [0.25, 0.3) is 0 Å². The highest BCUT2D eigenvalue weighted by Gasteiger charge is 2.40. The molecule has 1 saturated heterocycles. The van der Waals surface area contributed by atoms with Gasteiger partial charge in [0, 0.05) is 32.4 Å². The van der Waals surface area contributed by atoms with Crippen LogP contribution in [0.1, 0.15) is 19.4 Å². The number of aliphatic imine (C=N–C) groups is 2. The standard InChI is InChI=1S/C19H21F4N5/c1-11-10-28-16-14(5-4-13(15(16)20)19(21,22)23)25-17(18(28)24-12(11)2)27-8-6-26(3)7-9-27/h4-5,10,12H,6-9H2,1-3H3. The molecule has 3 aliphatic rings. The Kier molecular flexibility index (Phi) is 4.45. The molecule has 1 aromatic rings. The molecule has 0 radical (unpaired) electrons. The topological polar surface area (TPSA) is 34.4 Å². The van der Waals surface area contributed by atoms with E-state index in [1.165, 1.54) is 11.0 Å². The number of alkyl halides is 3. The summed E-state index contributed by atoms with van der Waals surface area (Å²) in [5, 5.41) is 0. The Morgan fingerprint density at radius 3 is 2.39 bits per heavy atom. The van der Waals surface area contributed by atoms with E-state index in [9.17, 15) is 17.6 Å². The maximum Gasteiger partial charge on any atom is 0.419 e. The second kappa shape index (κ2) is 6.58. The van der Waals surface area contributed by atoms with Crippen LogP contribution in [-0.4, -0.2) is 60.7 Å². The summed E-state index contributed by atoms with van der Waals surface area (Å²) < 4.78 is 54.6. The van der Waals surface area contributed by atoms with Crippen LogP contribution in [0.3, 0.4) is 0 Å². The first-order valence-corrected chi connectivity index (χ1v) is 9.14. The molecule has 1 unspecified atom stereocenters. The van der Waals surface area contributed by atoms with Gasteiger partial charge in [-0.05, 0) is 38.6 Å². The molecule has 0 N–H and O–H groups in total. The second-order valence-corrected chi connectivity index (χ2v) is 7.39. The maximum atomic E-state index is 14.9. The van der Waals surface area contributed by atoms with Gasteiger partial charge >= 0.3 is 6.18 Å². The molecule has 9 heteroatoms. The van der Waals surface area contributed by atoms with Crippen LogP contribution in [0.15, 0.2) is 33.9 Å². The summed E-state index contributed by atoms with van der Waals surface area (Å²) in [4.78, 5) is 14.8. The minimum absolute atomic E-state index is 0.153. The van der Waals surface area contributed by atoms with E-state index in [1.807, 2.05) is 20.9 Å². The zero-order chi connectivity index (χ0) is 20.2. The van der Waals surface area contributed by atoms with Gasteiger partial charge in [-0.1, -0.05) is 0 Å². The molecule has 28 heavy (non-hydrogen) atoms. The van der Waals surface area contributed by atoms with Gasteiger partial charge in [0.2, 0.25) is 0 Å². The number of likely N-dealkylation sites (N-methyl/N-ethyl adjacent to an activating group) is 1. The van der Waals surface area contributed by atoms with Crippen LogP contribution in [0.4, 0.5) is 28.9 Å². The smallest absolute Gasteiger partial charge is 0.351 e. The van der Waals surface area contributed by atoms with E-state index in [0.29, 0.717) is 11.7 Å². The average molecular weight is 395 g/mol. The number of amidine groups is 2. The van der Waals surface area contributed by atoms with Gasteiger partial charge in [0.05, 0.1) is 17.3 Å². The molecule has 1 atom stereocenters. The van der Waals surface area contributed by atoms with Gasteiger partial charge in [-0.15, -0.1) is 0 Å². The van der Waals surface area contributed by atoms with Crippen LogP contribution in [0, 0.1) is 5.82 Å². The van der Waals surface area contributed by atoms with E-state index < -0.39 is 17.6 Å². The molecule has 0 aromatic heterocycles. The number of nitrogens with zero attached hydrogens (tertiary/aromatic N) is 5. The van der Waals surface area contributed by atoms with E-state index in [4.69, 9.17) is 0 Å². The molecule has 150 valence electrons. The Labute approximate surface area is 160 Å². The molecular formula is C19H21F4N5. The van der Waals surface area contributed by atoms with E-state index in [-0.39, 0.29) is 17.4 Å². The summed E-state index contributed by atoms with van der Waals surface area (Å²) in [5.41, 5.74) is -0.477. The lowest BCUT2D eigenvalue weighted by atomic mass is 10.0. The van der Waals surface area contributed by atoms with Crippen molar-refractivity contribution in [3.63, 3.8) is 0 Å². The van der Waals surface area contributed by atoms with E-state index >= 15 is 0 Å². The highest BCUT2D eigenvalue weighted by Crippen LogP contribution is 2.43. The van der Waals surface area contributed by atoms with Crippen LogP contribution >= 0.6 is 0 Å². The fourth-order valence-corrected chi connectivity index (χ4v) is 3.54. The molecule has 0 amide bonds.